The van der Waals surface area contributed by atoms with Crippen LogP contribution in [-0.2, 0) is 17.0 Å². The molecule has 0 nitrogen and oxygen atoms in total. The lowest BCUT2D eigenvalue weighted by molar-refractivity contribution is -0.137. The number of halogens is 3. The third-order valence-electron chi connectivity index (χ3n) is 4.84. The fourth-order valence-electron chi connectivity index (χ4n) is 3.59. The summed E-state index contributed by atoms with van der Waals surface area (Å²) in [6, 6.07) is 10.3. The number of hydrogen-bond donors (Lipinski definition) is 0. The topological polar surface area (TPSA) is 0 Å². The van der Waals surface area contributed by atoms with Crippen LogP contribution < -0.4 is 0 Å². The van der Waals surface area contributed by atoms with Crippen LogP contribution in [0.3, 0.4) is 0 Å². The Labute approximate surface area is 135 Å². The molecule has 2 aromatic rings. The number of benzene rings is 2. The maximum absolute atomic E-state index is 13.1. The van der Waals surface area contributed by atoms with Crippen molar-refractivity contribution in [2.75, 3.05) is 0 Å². The lowest BCUT2D eigenvalue weighted by Crippen LogP contribution is -2.17. The van der Waals surface area contributed by atoms with Crippen LogP contribution in [0.1, 0.15) is 56.9 Å². The zero-order valence-electron chi connectivity index (χ0n) is 14.1. The van der Waals surface area contributed by atoms with Crippen molar-refractivity contribution in [3.8, 4) is 11.1 Å². The van der Waals surface area contributed by atoms with Crippen LogP contribution in [0.5, 0.6) is 0 Å². The number of rotatable bonds is 0. The summed E-state index contributed by atoms with van der Waals surface area (Å²) < 4.78 is 39.3. The predicted octanol–water partition coefficient (Wildman–Crippen LogP) is 6.31. The van der Waals surface area contributed by atoms with E-state index in [2.05, 4.69) is 26.8 Å². The molecule has 0 fully saturated rings. The number of alkyl halides is 3. The summed E-state index contributed by atoms with van der Waals surface area (Å²) >= 11 is 0. The van der Waals surface area contributed by atoms with Gasteiger partial charge in [-0.15, -0.1) is 0 Å². The first-order chi connectivity index (χ1) is 10.4. The van der Waals surface area contributed by atoms with Gasteiger partial charge in [-0.2, -0.15) is 13.2 Å². The summed E-state index contributed by atoms with van der Waals surface area (Å²) in [5.74, 6) is 0. The quantitative estimate of drug-likeness (QED) is 0.534. The van der Waals surface area contributed by atoms with Crippen LogP contribution in [0.2, 0.25) is 0 Å². The first kappa shape index (κ1) is 16.1. The minimum atomic E-state index is -4.31. The van der Waals surface area contributed by atoms with E-state index in [1.54, 1.807) is 6.07 Å². The molecule has 0 saturated carbocycles. The van der Waals surface area contributed by atoms with Crippen LogP contribution >= 0.6 is 0 Å². The van der Waals surface area contributed by atoms with Crippen LogP contribution in [0.15, 0.2) is 36.4 Å². The van der Waals surface area contributed by atoms with E-state index in [1.165, 1.54) is 17.7 Å². The summed E-state index contributed by atoms with van der Waals surface area (Å²) in [5.41, 5.74) is 4.03. The second-order valence-electron chi connectivity index (χ2n) is 7.86. The Kier molecular flexibility index (Phi) is 3.24. The normalized spacial score (nSPS) is 16.2. The van der Waals surface area contributed by atoms with Crippen LogP contribution in [-0.4, -0.2) is 0 Å². The lowest BCUT2D eigenvalue weighted by atomic mass is 9.79. The average molecular weight is 318 g/mol. The minimum Gasteiger partial charge on any atom is -0.166 e. The zero-order chi connectivity index (χ0) is 17.2. The Balaban J connectivity index is 2.33. The zero-order valence-corrected chi connectivity index (χ0v) is 14.1. The maximum atomic E-state index is 13.1. The van der Waals surface area contributed by atoms with E-state index in [1.807, 2.05) is 26.0 Å². The average Bonchev–Trinajstić information content (AvgIpc) is 2.65. The van der Waals surface area contributed by atoms with Gasteiger partial charge in [0.1, 0.15) is 0 Å². The molecule has 23 heavy (non-hydrogen) atoms. The molecule has 0 amide bonds. The van der Waals surface area contributed by atoms with Gasteiger partial charge in [-0.05, 0) is 45.4 Å². The third kappa shape index (κ3) is 2.37. The highest BCUT2D eigenvalue weighted by molar-refractivity contribution is 5.84. The summed E-state index contributed by atoms with van der Waals surface area (Å²) in [7, 11) is 0. The van der Waals surface area contributed by atoms with Crippen molar-refractivity contribution in [1.29, 1.82) is 0 Å². The first-order valence-electron chi connectivity index (χ1n) is 7.80. The van der Waals surface area contributed by atoms with Gasteiger partial charge < -0.3 is 0 Å². The summed E-state index contributed by atoms with van der Waals surface area (Å²) in [4.78, 5) is 0. The minimum absolute atomic E-state index is 0.0638. The van der Waals surface area contributed by atoms with E-state index < -0.39 is 17.2 Å². The smallest absolute Gasteiger partial charge is 0.166 e. The van der Waals surface area contributed by atoms with Gasteiger partial charge in [0.25, 0.3) is 0 Å². The Morgan fingerprint density at radius 3 is 2.09 bits per heavy atom. The molecule has 3 rings (SSSR count). The van der Waals surface area contributed by atoms with Crippen molar-refractivity contribution in [3.63, 3.8) is 0 Å². The number of fused-ring (bicyclic) bond motifs is 3. The second-order valence-corrected chi connectivity index (χ2v) is 7.86. The molecular weight excluding hydrogens is 297 g/mol. The van der Waals surface area contributed by atoms with Crippen LogP contribution in [0.25, 0.3) is 11.1 Å². The molecule has 0 saturated heterocycles. The van der Waals surface area contributed by atoms with Crippen LogP contribution in [0, 0.1) is 0 Å². The van der Waals surface area contributed by atoms with E-state index in [-0.39, 0.29) is 5.41 Å². The molecule has 3 heteroatoms. The van der Waals surface area contributed by atoms with Gasteiger partial charge in [-0.25, -0.2) is 0 Å². The molecule has 1 aliphatic carbocycles. The van der Waals surface area contributed by atoms with E-state index in [9.17, 15) is 13.2 Å². The van der Waals surface area contributed by atoms with Crippen molar-refractivity contribution in [2.24, 2.45) is 0 Å². The van der Waals surface area contributed by atoms with E-state index >= 15 is 0 Å². The Bertz CT molecular complexity index is 774. The van der Waals surface area contributed by atoms with Crippen molar-refractivity contribution in [3.05, 3.63) is 58.7 Å². The number of hydrogen-bond acceptors (Lipinski definition) is 0. The van der Waals surface area contributed by atoms with Crippen molar-refractivity contribution < 1.29 is 13.2 Å². The van der Waals surface area contributed by atoms with E-state index in [0.717, 1.165) is 22.3 Å². The molecule has 0 bridgehead atoms. The Morgan fingerprint density at radius 2 is 1.52 bits per heavy atom. The standard InChI is InChI=1S/C20H21F3/c1-18(2,3)14-7-6-8-15-17(14)13-10-9-12(20(21,22)23)11-16(13)19(15,4)5/h6-11H,1-5H3. The Morgan fingerprint density at radius 1 is 0.870 bits per heavy atom. The third-order valence-corrected chi connectivity index (χ3v) is 4.84. The molecule has 0 aromatic heterocycles. The van der Waals surface area contributed by atoms with Crippen molar-refractivity contribution in [2.45, 2.75) is 51.6 Å². The van der Waals surface area contributed by atoms with E-state index in [0.29, 0.717) is 0 Å². The monoisotopic (exact) mass is 318 g/mol. The molecule has 0 radical (unpaired) electrons. The van der Waals surface area contributed by atoms with Crippen molar-refractivity contribution in [1.82, 2.24) is 0 Å². The van der Waals surface area contributed by atoms with Gasteiger partial charge in [-0.1, -0.05) is 58.9 Å². The largest absolute Gasteiger partial charge is 0.416 e. The molecule has 0 aliphatic heterocycles. The second kappa shape index (κ2) is 4.62. The fraction of sp³-hybridized carbons (Fsp3) is 0.400. The molecule has 0 N–H and O–H groups in total. The van der Waals surface area contributed by atoms with Crippen LogP contribution in [0.4, 0.5) is 13.2 Å². The predicted molar refractivity (Wildman–Crippen MR) is 87.7 cm³/mol. The van der Waals surface area contributed by atoms with E-state index in [4.69, 9.17) is 0 Å². The highest BCUT2D eigenvalue weighted by atomic mass is 19.4. The van der Waals surface area contributed by atoms with Gasteiger partial charge in [0.05, 0.1) is 5.56 Å². The van der Waals surface area contributed by atoms with Crippen molar-refractivity contribution >= 4 is 0 Å². The molecule has 122 valence electrons. The Hall–Kier alpha value is -1.77. The SMILES string of the molecule is CC(C)(C)c1cccc2c1-c1ccc(C(F)(F)F)cc1C2(C)C. The molecule has 0 atom stereocenters. The molecule has 1 aliphatic rings. The van der Waals surface area contributed by atoms with Gasteiger partial charge >= 0.3 is 6.18 Å². The molecule has 0 unspecified atom stereocenters. The highest BCUT2D eigenvalue weighted by Gasteiger charge is 2.40. The fourth-order valence-corrected chi connectivity index (χ4v) is 3.59. The van der Waals surface area contributed by atoms with Gasteiger partial charge in [0.2, 0.25) is 0 Å². The summed E-state index contributed by atoms with van der Waals surface area (Å²) in [5, 5.41) is 0. The molecule has 0 spiro atoms. The molecular formula is C20H21F3. The molecule has 2 aromatic carbocycles. The van der Waals surface area contributed by atoms with Gasteiger partial charge in [0, 0.05) is 5.41 Å². The summed E-state index contributed by atoms with van der Waals surface area (Å²) in [6.45, 7) is 10.4. The van der Waals surface area contributed by atoms with Gasteiger partial charge in [0.15, 0.2) is 0 Å². The lowest BCUT2D eigenvalue weighted by Gasteiger charge is -2.25. The maximum Gasteiger partial charge on any atom is 0.416 e. The van der Waals surface area contributed by atoms with Gasteiger partial charge in [-0.3, -0.25) is 0 Å². The molecule has 0 heterocycles. The first-order valence-corrected chi connectivity index (χ1v) is 7.80. The highest BCUT2D eigenvalue weighted by Crippen LogP contribution is 2.52. The summed E-state index contributed by atoms with van der Waals surface area (Å²) in [6.07, 6.45) is -4.31.